The van der Waals surface area contributed by atoms with Crippen molar-refractivity contribution in [2.75, 3.05) is 11.9 Å². The van der Waals surface area contributed by atoms with Crippen molar-refractivity contribution in [3.63, 3.8) is 0 Å². The lowest BCUT2D eigenvalue weighted by Gasteiger charge is -2.29. The molecule has 0 saturated carbocycles. The molecule has 1 aromatic heterocycles. The van der Waals surface area contributed by atoms with Crippen LogP contribution in [-0.4, -0.2) is 23.3 Å². The maximum absolute atomic E-state index is 5.79. The zero-order valence-electron chi connectivity index (χ0n) is 12.6. The molecule has 0 amide bonds. The summed E-state index contributed by atoms with van der Waals surface area (Å²) in [6, 6.07) is 4.29. The van der Waals surface area contributed by atoms with Crippen LogP contribution in [0.4, 0.5) is 5.82 Å². The van der Waals surface area contributed by atoms with E-state index in [2.05, 4.69) is 42.9 Å². The molecule has 108 valence electrons. The molecule has 0 fully saturated rings. The third kappa shape index (κ3) is 5.77. The molecule has 0 saturated heterocycles. The first kappa shape index (κ1) is 16.2. The van der Waals surface area contributed by atoms with E-state index in [1.54, 1.807) is 6.07 Å². The third-order valence-electron chi connectivity index (χ3n) is 3.50. The van der Waals surface area contributed by atoms with Crippen molar-refractivity contribution in [2.45, 2.75) is 58.9 Å². The van der Waals surface area contributed by atoms with Gasteiger partial charge in [0.1, 0.15) is 0 Å². The Morgan fingerprint density at radius 1 is 1.16 bits per heavy atom. The van der Waals surface area contributed by atoms with Gasteiger partial charge in [-0.2, -0.15) is 0 Å². The largest absolute Gasteiger partial charge is 0.355 e. The molecule has 0 aliphatic carbocycles. The van der Waals surface area contributed by atoms with E-state index in [9.17, 15) is 0 Å². The Morgan fingerprint density at radius 2 is 1.89 bits per heavy atom. The van der Waals surface area contributed by atoms with Gasteiger partial charge in [-0.3, -0.25) is 0 Å². The summed E-state index contributed by atoms with van der Waals surface area (Å²) in [6.45, 7) is 6.79. The maximum Gasteiger partial charge on any atom is 0.151 e. The Hall–Kier alpha value is -0.830. The lowest BCUT2D eigenvalue weighted by atomic mass is 9.98. The summed E-state index contributed by atoms with van der Waals surface area (Å²) in [7, 11) is 2.11. The summed E-state index contributed by atoms with van der Waals surface area (Å²) in [4.78, 5) is 2.25. The molecule has 0 aromatic carbocycles. The predicted molar refractivity (Wildman–Crippen MR) is 82.8 cm³/mol. The van der Waals surface area contributed by atoms with Crippen LogP contribution in [0.3, 0.4) is 0 Å². The van der Waals surface area contributed by atoms with Gasteiger partial charge in [-0.05, 0) is 37.3 Å². The van der Waals surface area contributed by atoms with E-state index in [4.69, 9.17) is 11.6 Å². The topological polar surface area (TPSA) is 29.0 Å². The number of hydrogen-bond acceptors (Lipinski definition) is 3. The lowest BCUT2D eigenvalue weighted by molar-refractivity contribution is 0.452. The number of halogens is 1. The van der Waals surface area contributed by atoms with Crippen molar-refractivity contribution in [1.82, 2.24) is 10.2 Å². The van der Waals surface area contributed by atoms with Gasteiger partial charge in [-0.15, -0.1) is 10.2 Å². The maximum atomic E-state index is 5.79. The first-order valence-electron chi connectivity index (χ1n) is 7.26. The normalized spacial score (nSPS) is 12.7. The molecule has 1 aromatic rings. The standard InChI is InChI=1S/C15H26ClN3/c1-5-6-7-13(9-8-12(2)3)19(4)15-11-10-14(16)17-18-15/h10-13H,5-9H2,1-4H3/t13-/m0/s1. The fraction of sp³-hybridized carbons (Fsp3) is 0.733. The zero-order valence-corrected chi connectivity index (χ0v) is 13.3. The van der Waals surface area contributed by atoms with E-state index < -0.39 is 0 Å². The van der Waals surface area contributed by atoms with Crippen LogP contribution in [0, 0.1) is 5.92 Å². The number of anilines is 1. The molecule has 0 bridgehead atoms. The lowest BCUT2D eigenvalue weighted by Crippen LogP contribution is -2.32. The van der Waals surface area contributed by atoms with Crippen LogP contribution in [0.5, 0.6) is 0 Å². The zero-order chi connectivity index (χ0) is 14.3. The van der Waals surface area contributed by atoms with Crippen LogP contribution in [0.15, 0.2) is 12.1 Å². The molecule has 1 rings (SSSR count). The second-order valence-electron chi connectivity index (χ2n) is 5.59. The minimum absolute atomic E-state index is 0.449. The molecule has 3 nitrogen and oxygen atoms in total. The van der Waals surface area contributed by atoms with Crippen molar-refractivity contribution in [2.24, 2.45) is 5.92 Å². The van der Waals surface area contributed by atoms with Crippen LogP contribution < -0.4 is 4.90 Å². The number of nitrogens with zero attached hydrogens (tertiary/aromatic N) is 3. The molecule has 19 heavy (non-hydrogen) atoms. The molecule has 1 heterocycles. The smallest absolute Gasteiger partial charge is 0.151 e. The molecular weight excluding hydrogens is 258 g/mol. The molecule has 0 spiro atoms. The minimum atomic E-state index is 0.449. The van der Waals surface area contributed by atoms with Crippen molar-refractivity contribution < 1.29 is 0 Å². The van der Waals surface area contributed by atoms with E-state index in [0.717, 1.165) is 11.7 Å². The Kier molecular flexibility index (Phi) is 7.14. The van der Waals surface area contributed by atoms with Crippen LogP contribution in [-0.2, 0) is 0 Å². The number of unbranched alkanes of at least 4 members (excludes halogenated alkanes) is 1. The third-order valence-corrected chi connectivity index (χ3v) is 3.70. The summed E-state index contributed by atoms with van der Waals surface area (Å²) in [5.74, 6) is 1.66. The highest BCUT2D eigenvalue weighted by Crippen LogP contribution is 2.21. The number of rotatable bonds is 8. The molecule has 0 aliphatic rings. The Labute approximate surface area is 122 Å². The fourth-order valence-electron chi connectivity index (χ4n) is 2.18. The van der Waals surface area contributed by atoms with Gasteiger partial charge in [0.2, 0.25) is 0 Å². The van der Waals surface area contributed by atoms with Crippen LogP contribution in [0.25, 0.3) is 0 Å². The van der Waals surface area contributed by atoms with E-state index in [0.29, 0.717) is 11.2 Å². The van der Waals surface area contributed by atoms with Crippen molar-refractivity contribution in [1.29, 1.82) is 0 Å². The second-order valence-corrected chi connectivity index (χ2v) is 5.98. The first-order chi connectivity index (χ1) is 9.04. The summed E-state index contributed by atoms with van der Waals surface area (Å²) < 4.78 is 0. The van der Waals surface area contributed by atoms with Gasteiger partial charge < -0.3 is 4.90 Å². The molecule has 0 radical (unpaired) electrons. The first-order valence-corrected chi connectivity index (χ1v) is 7.64. The van der Waals surface area contributed by atoms with Crippen molar-refractivity contribution >= 4 is 17.4 Å². The van der Waals surface area contributed by atoms with Gasteiger partial charge in [0.05, 0.1) is 0 Å². The monoisotopic (exact) mass is 283 g/mol. The summed E-state index contributed by atoms with van der Waals surface area (Å²) in [6.07, 6.45) is 6.16. The Bertz CT molecular complexity index is 351. The average Bonchev–Trinajstić information content (AvgIpc) is 2.39. The molecule has 4 heteroatoms. The minimum Gasteiger partial charge on any atom is -0.355 e. The van der Waals surface area contributed by atoms with E-state index in [1.807, 2.05) is 6.07 Å². The summed E-state index contributed by atoms with van der Waals surface area (Å²) in [5.41, 5.74) is 0. The van der Waals surface area contributed by atoms with Gasteiger partial charge in [-0.1, -0.05) is 45.2 Å². The molecule has 0 N–H and O–H groups in total. The highest BCUT2D eigenvalue weighted by molar-refractivity contribution is 6.29. The molecule has 0 aliphatic heterocycles. The summed E-state index contributed by atoms with van der Waals surface area (Å²) >= 11 is 5.79. The van der Waals surface area contributed by atoms with E-state index in [1.165, 1.54) is 32.1 Å². The van der Waals surface area contributed by atoms with Crippen LogP contribution in [0.2, 0.25) is 5.15 Å². The highest BCUT2D eigenvalue weighted by atomic mass is 35.5. The average molecular weight is 284 g/mol. The molecular formula is C15H26ClN3. The Morgan fingerprint density at radius 3 is 2.42 bits per heavy atom. The van der Waals surface area contributed by atoms with Gasteiger partial charge in [-0.25, -0.2) is 0 Å². The fourth-order valence-corrected chi connectivity index (χ4v) is 2.28. The van der Waals surface area contributed by atoms with Gasteiger partial charge in [0.15, 0.2) is 11.0 Å². The molecule has 1 atom stereocenters. The van der Waals surface area contributed by atoms with Crippen molar-refractivity contribution in [3.8, 4) is 0 Å². The van der Waals surface area contributed by atoms with Gasteiger partial charge >= 0.3 is 0 Å². The predicted octanol–water partition coefficient (Wildman–Crippen LogP) is 4.56. The number of hydrogen-bond donors (Lipinski definition) is 0. The van der Waals surface area contributed by atoms with E-state index in [-0.39, 0.29) is 0 Å². The van der Waals surface area contributed by atoms with Gasteiger partial charge in [0, 0.05) is 13.1 Å². The van der Waals surface area contributed by atoms with Crippen LogP contribution >= 0.6 is 11.6 Å². The van der Waals surface area contributed by atoms with Gasteiger partial charge in [0.25, 0.3) is 0 Å². The quantitative estimate of drug-likeness (QED) is 0.700. The number of aromatic nitrogens is 2. The van der Waals surface area contributed by atoms with Crippen LogP contribution in [0.1, 0.15) is 52.9 Å². The highest BCUT2D eigenvalue weighted by Gasteiger charge is 2.16. The Balaban J connectivity index is 2.68. The summed E-state index contributed by atoms with van der Waals surface area (Å²) in [5, 5.41) is 8.56. The van der Waals surface area contributed by atoms with Crippen molar-refractivity contribution in [3.05, 3.63) is 17.3 Å². The molecule has 0 unspecified atom stereocenters. The SMILES string of the molecule is CCCC[C@@H](CCC(C)C)N(C)c1ccc(Cl)nn1. The van der Waals surface area contributed by atoms with E-state index >= 15 is 0 Å². The second kappa shape index (κ2) is 8.36.